The van der Waals surface area contributed by atoms with E-state index in [0.29, 0.717) is 27.1 Å². The average molecular weight is 306 g/mol. The number of hydrogen-bond acceptors (Lipinski definition) is 2. The van der Waals surface area contributed by atoms with Crippen LogP contribution >= 0.6 is 23.2 Å². The molecule has 0 saturated carbocycles. The number of halogens is 2. The number of anilines is 1. The first-order valence-corrected chi connectivity index (χ1v) is 6.94. The van der Waals surface area contributed by atoms with E-state index in [1.54, 1.807) is 12.1 Å². The predicted molar refractivity (Wildman–Crippen MR) is 85.4 cm³/mol. The standard InChI is InChI=1S/C15H13Cl2N3/c1-7-5-11-12(6-8(7)2)20-15(19-11)13-9(16)3-4-10(17)14(13)18/h3-6H,18H2,1-2H3,(H,19,20). The van der Waals surface area contributed by atoms with Gasteiger partial charge in [-0.2, -0.15) is 0 Å². The van der Waals surface area contributed by atoms with Crippen LogP contribution in [0.3, 0.4) is 0 Å². The molecule has 102 valence electrons. The molecular formula is C15H13Cl2N3. The first-order chi connectivity index (χ1) is 9.47. The highest BCUT2D eigenvalue weighted by Gasteiger charge is 2.15. The number of nitrogens with zero attached hydrogens (tertiary/aromatic N) is 1. The number of nitrogens with two attached hydrogens (primary N) is 1. The van der Waals surface area contributed by atoms with Gasteiger partial charge < -0.3 is 10.7 Å². The van der Waals surface area contributed by atoms with Crippen molar-refractivity contribution in [2.45, 2.75) is 13.8 Å². The number of imidazole rings is 1. The summed E-state index contributed by atoms with van der Waals surface area (Å²) in [5, 5.41) is 0.997. The summed E-state index contributed by atoms with van der Waals surface area (Å²) in [6.07, 6.45) is 0. The normalized spacial score (nSPS) is 11.2. The van der Waals surface area contributed by atoms with Gasteiger partial charge in [0.15, 0.2) is 0 Å². The monoisotopic (exact) mass is 305 g/mol. The molecule has 5 heteroatoms. The molecule has 0 spiro atoms. The first-order valence-electron chi connectivity index (χ1n) is 6.18. The summed E-state index contributed by atoms with van der Waals surface area (Å²) < 4.78 is 0. The van der Waals surface area contributed by atoms with Crippen molar-refractivity contribution in [3.63, 3.8) is 0 Å². The zero-order chi connectivity index (χ0) is 14.4. The van der Waals surface area contributed by atoms with Gasteiger partial charge in [0.25, 0.3) is 0 Å². The second-order valence-corrected chi connectivity index (χ2v) is 5.67. The smallest absolute Gasteiger partial charge is 0.142 e. The van der Waals surface area contributed by atoms with E-state index in [0.717, 1.165) is 11.0 Å². The summed E-state index contributed by atoms with van der Waals surface area (Å²) in [5.41, 5.74) is 11.3. The van der Waals surface area contributed by atoms with E-state index in [2.05, 4.69) is 29.9 Å². The molecule has 0 radical (unpaired) electrons. The molecule has 0 saturated heterocycles. The Morgan fingerprint density at radius 2 is 1.70 bits per heavy atom. The summed E-state index contributed by atoms with van der Waals surface area (Å²) in [5.74, 6) is 0.634. The number of benzene rings is 2. The van der Waals surface area contributed by atoms with E-state index in [1.165, 1.54) is 11.1 Å². The maximum atomic E-state index is 6.23. The van der Waals surface area contributed by atoms with Crippen LogP contribution < -0.4 is 5.73 Å². The highest BCUT2D eigenvalue weighted by Crippen LogP contribution is 2.37. The van der Waals surface area contributed by atoms with Crippen molar-refractivity contribution in [1.29, 1.82) is 0 Å². The Hall–Kier alpha value is -1.71. The number of aromatic amines is 1. The van der Waals surface area contributed by atoms with Gasteiger partial charge in [-0.1, -0.05) is 23.2 Å². The minimum Gasteiger partial charge on any atom is -0.397 e. The van der Waals surface area contributed by atoms with Crippen molar-refractivity contribution in [2.75, 3.05) is 5.73 Å². The maximum Gasteiger partial charge on any atom is 0.142 e. The summed E-state index contributed by atoms with van der Waals surface area (Å²) in [6.45, 7) is 4.12. The Morgan fingerprint density at radius 3 is 2.45 bits per heavy atom. The zero-order valence-corrected chi connectivity index (χ0v) is 12.6. The van der Waals surface area contributed by atoms with E-state index >= 15 is 0 Å². The van der Waals surface area contributed by atoms with E-state index in [9.17, 15) is 0 Å². The minimum absolute atomic E-state index is 0.437. The lowest BCUT2D eigenvalue weighted by Gasteiger charge is -2.06. The quantitative estimate of drug-likeness (QED) is 0.638. The van der Waals surface area contributed by atoms with Crippen molar-refractivity contribution in [1.82, 2.24) is 9.97 Å². The van der Waals surface area contributed by atoms with E-state index < -0.39 is 0 Å². The first kappa shape index (κ1) is 13.3. The molecule has 0 aliphatic carbocycles. The third kappa shape index (κ3) is 2.03. The van der Waals surface area contributed by atoms with E-state index in [4.69, 9.17) is 28.9 Å². The van der Waals surface area contributed by atoms with Gasteiger partial charge in [0, 0.05) is 0 Å². The van der Waals surface area contributed by atoms with Gasteiger partial charge in [-0.05, 0) is 49.2 Å². The molecule has 1 aromatic heterocycles. The van der Waals surface area contributed by atoms with Crippen LogP contribution in [0.5, 0.6) is 0 Å². The van der Waals surface area contributed by atoms with Gasteiger partial charge in [0.1, 0.15) is 5.82 Å². The Morgan fingerprint density at radius 1 is 1.05 bits per heavy atom. The molecule has 0 amide bonds. The van der Waals surface area contributed by atoms with Crippen LogP contribution in [-0.4, -0.2) is 9.97 Å². The van der Waals surface area contributed by atoms with Crippen LogP contribution in [0.2, 0.25) is 10.0 Å². The lowest BCUT2D eigenvalue weighted by atomic mass is 10.1. The van der Waals surface area contributed by atoms with Crippen molar-refractivity contribution in [3.8, 4) is 11.4 Å². The van der Waals surface area contributed by atoms with Gasteiger partial charge in [0.05, 0.1) is 32.3 Å². The summed E-state index contributed by atoms with van der Waals surface area (Å²) in [7, 11) is 0. The zero-order valence-electron chi connectivity index (χ0n) is 11.1. The van der Waals surface area contributed by atoms with Crippen molar-refractivity contribution >= 4 is 39.9 Å². The average Bonchev–Trinajstić information content (AvgIpc) is 2.77. The number of nitrogens with one attached hydrogen (secondary N) is 1. The van der Waals surface area contributed by atoms with Crippen LogP contribution in [0, 0.1) is 13.8 Å². The van der Waals surface area contributed by atoms with Gasteiger partial charge in [-0.25, -0.2) is 4.98 Å². The Bertz CT molecular complexity index is 783. The second-order valence-electron chi connectivity index (χ2n) is 4.86. The molecule has 3 aromatic rings. The Labute approximate surface area is 126 Å². The van der Waals surface area contributed by atoms with E-state index in [-0.39, 0.29) is 0 Å². The van der Waals surface area contributed by atoms with Crippen molar-refractivity contribution < 1.29 is 0 Å². The lowest BCUT2D eigenvalue weighted by Crippen LogP contribution is -1.93. The van der Waals surface area contributed by atoms with Crippen LogP contribution in [0.25, 0.3) is 22.4 Å². The number of rotatable bonds is 1. The fourth-order valence-corrected chi connectivity index (χ4v) is 2.61. The third-order valence-corrected chi connectivity index (χ3v) is 4.12. The fourth-order valence-electron chi connectivity index (χ4n) is 2.20. The molecule has 1 heterocycles. The van der Waals surface area contributed by atoms with Gasteiger partial charge in [0.2, 0.25) is 0 Å². The number of aromatic nitrogens is 2. The number of nitrogen functional groups attached to an aromatic ring is 1. The topological polar surface area (TPSA) is 54.7 Å². The fraction of sp³-hybridized carbons (Fsp3) is 0.133. The Balaban J connectivity index is 2.28. The molecule has 2 aromatic carbocycles. The predicted octanol–water partition coefficient (Wildman–Crippen LogP) is 4.74. The number of hydrogen-bond donors (Lipinski definition) is 2. The minimum atomic E-state index is 0.437. The molecule has 0 fully saturated rings. The van der Waals surface area contributed by atoms with Crippen molar-refractivity contribution in [3.05, 3.63) is 45.4 Å². The number of fused-ring (bicyclic) bond motifs is 1. The molecule has 0 unspecified atom stereocenters. The number of aryl methyl sites for hydroxylation is 2. The maximum absolute atomic E-state index is 6.23. The number of H-pyrrole nitrogens is 1. The molecule has 20 heavy (non-hydrogen) atoms. The van der Waals surface area contributed by atoms with Crippen LogP contribution in [0.4, 0.5) is 5.69 Å². The highest BCUT2D eigenvalue weighted by molar-refractivity contribution is 6.37. The molecule has 3 nitrogen and oxygen atoms in total. The second kappa shape index (κ2) is 4.69. The molecule has 0 bridgehead atoms. The highest BCUT2D eigenvalue weighted by atomic mass is 35.5. The lowest BCUT2D eigenvalue weighted by molar-refractivity contribution is 1.34. The molecule has 0 aliphatic rings. The third-order valence-electron chi connectivity index (χ3n) is 3.48. The molecule has 3 N–H and O–H groups in total. The van der Waals surface area contributed by atoms with Gasteiger partial charge in [-0.15, -0.1) is 0 Å². The van der Waals surface area contributed by atoms with E-state index in [1.807, 2.05) is 6.07 Å². The van der Waals surface area contributed by atoms with Crippen LogP contribution in [0.1, 0.15) is 11.1 Å². The van der Waals surface area contributed by atoms with Crippen LogP contribution in [0.15, 0.2) is 24.3 Å². The SMILES string of the molecule is Cc1cc2nc(-c3c(Cl)ccc(Cl)c3N)[nH]c2cc1C. The molecule has 0 aliphatic heterocycles. The Kier molecular flexibility index (Phi) is 3.11. The summed E-state index contributed by atoms with van der Waals surface area (Å²) >= 11 is 12.3. The summed E-state index contributed by atoms with van der Waals surface area (Å²) in [4.78, 5) is 7.82. The largest absolute Gasteiger partial charge is 0.397 e. The molecular weight excluding hydrogens is 293 g/mol. The molecule has 3 rings (SSSR count). The van der Waals surface area contributed by atoms with Crippen molar-refractivity contribution in [2.24, 2.45) is 0 Å². The molecule has 0 atom stereocenters. The van der Waals surface area contributed by atoms with Crippen LogP contribution in [-0.2, 0) is 0 Å². The summed E-state index contributed by atoms with van der Waals surface area (Å²) in [6, 6.07) is 7.51. The van der Waals surface area contributed by atoms with Gasteiger partial charge in [-0.3, -0.25) is 0 Å². The van der Waals surface area contributed by atoms with Gasteiger partial charge >= 0.3 is 0 Å².